The average molecular weight is 492 g/mol. The van der Waals surface area contributed by atoms with Crippen molar-refractivity contribution in [3.05, 3.63) is 35.4 Å². The summed E-state index contributed by atoms with van der Waals surface area (Å²) in [6, 6.07) is 5.45. The molecule has 2 fully saturated rings. The molecule has 0 atom stereocenters. The second kappa shape index (κ2) is 11.1. The number of carbonyl (C=O) groups is 1. The van der Waals surface area contributed by atoms with Crippen LogP contribution in [0.2, 0.25) is 0 Å². The number of nitrogens with one attached hydrogen (secondary N) is 3. The molecule has 2 heterocycles. The number of hydrogen-bond donors (Lipinski definition) is 3. The SMILES string of the molecule is CNc1nc(N[C@H]2CC[C@H](C(=O)NCc3ccccc3C(F)(F)F)CC2)nc(N2CCCCC2)n1. The molecule has 2 aromatic rings. The predicted molar refractivity (Wildman–Crippen MR) is 128 cm³/mol. The Balaban J connectivity index is 1.30. The van der Waals surface area contributed by atoms with Gasteiger partial charge in [-0.25, -0.2) is 0 Å². The molecule has 1 amide bonds. The van der Waals surface area contributed by atoms with Crippen molar-refractivity contribution < 1.29 is 18.0 Å². The molecule has 1 aromatic carbocycles. The highest BCUT2D eigenvalue weighted by atomic mass is 19.4. The van der Waals surface area contributed by atoms with Gasteiger partial charge in [-0.2, -0.15) is 28.1 Å². The van der Waals surface area contributed by atoms with Crippen molar-refractivity contribution in [2.45, 2.75) is 63.7 Å². The van der Waals surface area contributed by atoms with Crippen molar-refractivity contribution in [3.63, 3.8) is 0 Å². The number of anilines is 3. The largest absolute Gasteiger partial charge is 0.416 e. The molecule has 1 aliphatic heterocycles. The minimum absolute atomic E-state index is 0.0726. The normalized spacial score (nSPS) is 20.9. The fourth-order valence-electron chi connectivity index (χ4n) is 4.74. The predicted octanol–water partition coefficient (Wildman–Crippen LogP) is 4.21. The van der Waals surface area contributed by atoms with Gasteiger partial charge < -0.3 is 20.9 Å². The van der Waals surface area contributed by atoms with Crippen molar-refractivity contribution in [2.75, 3.05) is 35.7 Å². The smallest absolute Gasteiger partial charge is 0.357 e. The summed E-state index contributed by atoms with van der Waals surface area (Å²) in [6.45, 7) is 1.73. The van der Waals surface area contributed by atoms with Gasteiger partial charge in [0.2, 0.25) is 23.8 Å². The van der Waals surface area contributed by atoms with Gasteiger partial charge in [-0.05, 0) is 56.6 Å². The number of carbonyl (C=O) groups excluding carboxylic acids is 1. The van der Waals surface area contributed by atoms with Crippen molar-refractivity contribution in [1.82, 2.24) is 20.3 Å². The van der Waals surface area contributed by atoms with Gasteiger partial charge >= 0.3 is 6.18 Å². The molecule has 190 valence electrons. The lowest BCUT2D eigenvalue weighted by Gasteiger charge is -2.29. The van der Waals surface area contributed by atoms with E-state index in [2.05, 4.69) is 35.8 Å². The molecule has 11 heteroatoms. The van der Waals surface area contributed by atoms with E-state index in [0.29, 0.717) is 30.7 Å². The van der Waals surface area contributed by atoms with Crippen LogP contribution in [0.5, 0.6) is 0 Å². The number of benzene rings is 1. The monoisotopic (exact) mass is 491 g/mol. The maximum absolute atomic E-state index is 13.2. The molecule has 1 saturated carbocycles. The van der Waals surface area contributed by atoms with Crippen LogP contribution in [0.15, 0.2) is 24.3 Å². The highest BCUT2D eigenvalue weighted by Gasteiger charge is 2.33. The highest BCUT2D eigenvalue weighted by molar-refractivity contribution is 5.78. The number of alkyl halides is 3. The topological polar surface area (TPSA) is 95.1 Å². The van der Waals surface area contributed by atoms with E-state index in [1.54, 1.807) is 13.1 Å². The molecule has 0 unspecified atom stereocenters. The summed E-state index contributed by atoms with van der Waals surface area (Å²) in [5, 5.41) is 9.08. The maximum Gasteiger partial charge on any atom is 0.416 e. The summed E-state index contributed by atoms with van der Waals surface area (Å²) >= 11 is 0. The summed E-state index contributed by atoms with van der Waals surface area (Å²) in [5.41, 5.74) is -0.640. The van der Waals surface area contributed by atoms with Gasteiger partial charge in [-0.15, -0.1) is 0 Å². The lowest BCUT2D eigenvalue weighted by atomic mass is 9.85. The standard InChI is InChI=1S/C24H32F3N7O/c1-28-21-31-22(33-23(32-21)34-13-5-2-6-14-34)30-18-11-9-16(10-12-18)20(35)29-15-17-7-3-4-8-19(17)24(25,26)27/h3-4,7-8,16,18H,2,5-6,9-15H2,1H3,(H,29,35)(H2,28,30,31,32,33)/t16-,18-. The quantitative estimate of drug-likeness (QED) is 0.534. The summed E-state index contributed by atoms with van der Waals surface area (Å²) in [5.74, 6) is 1.27. The van der Waals surface area contributed by atoms with Crippen LogP contribution in [0.3, 0.4) is 0 Å². The molecule has 1 aliphatic carbocycles. The van der Waals surface area contributed by atoms with Crippen LogP contribution >= 0.6 is 0 Å². The van der Waals surface area contributed by atoms with E-state index >= 15 is 0 Å². The first-order valence-electron chi connectivity index (χ1n) is 12.2. The summed E-state index contributed by atoms with van der Waals surface area (Å²) in [4.78, 5) is 28.4. The molecular formula is C24H32F3N7O. The highest BCUT2D eigenvalue weighted by Crippen LogP contribution is 2.32. The molecule has 1 aromatic heterocycles. The van der Waals surface area contributed by atoms with Gasteiger partial charge in [-0.3, -0.25) is 4.79 Å². The van der Waals surface area contributed by atoms with E-state index < -0.39 is 11.7 Å². The van der Waals surface area contributed by atoms with Crippen molar-refractivity contribution >= 4 is 23.8 Å². The van der Waals surface area contributed by atoms with Gasteiger partial charge in [0.1, 0.15) is 0 Å². The summed E-state index contributed by atoms with van der Waals surface area (Å²) in [7, 11) is 1.77. The van der Waals surface area contributed by atoms with Gasteiger partial charge in [0.25, 0.3) is 0 Å². The Hall–Kier alpha value is -3.11. The van der Waals surface area contributed by atoms with Crippen LogP contribution in [-0.2, 0) is 17.5 Å². The Kier molecular flexibility index (Phi) is 7.92. The van der Waals surface area contributed by atoms with Gasteiger partial charge in [0.05, 0.1) is 5.56 Å². The molecule has 35 heavy (non-hydrogen) atoms. The van der Waals surface area contributed by atoms with E-state index in [0.717, 1.165) is 44.8 Å². The number of rotatable bonds is 7. The minimum Gasteiger partial charge on any atom is -0.357 e. The number of amides is 1. The van der Waals surface area contributed by atoms with Crippen LogP contribution in [0.4, 0.5) is 31.0 Å². The molecule has 1 saturated heterocycles. The second-order valence-electron chi connectivity index (χ2n) is 9.15. The Bertz CT molecular complexity index is 1000. The van der Waals surface area contributed by atoms with Crippen LogP contribution in [-0.4, -0.2) is 47.0 Å². The van der Waals surface area contributed by atoms with E-state index in [9.17, 15) is 18.0 Å². The van der Waals surface area contributed by atoms with Gasteiger partial charge in [-0.1, -0.05) is 18.2 Å². The number of aromatic nitrogens is 3. The molecule has 2 aliphatic rings. The molecule has 3 N–H and O–H groups in total. The van der Waals surface area contributed by atoms with Crippen LogP contribution in [0, 0.1) is 5.92 Å². The third kappa shape index (κ3) is 6.52. The van der Waals surface area contributed by atoms with Crippen LogP contribution < -0.4 is 20.9 Å². The molecule has 4 rings (SSSR count). The van der Waals surface area contributed by atoms with Crippen molar-refractivity contribution in [1.29, 1.82) is 0 Å². The average Bonchev–Trinajstić information content (AvgIpc) is 2.87. The zero-order chi connectivity index (χ0) is 24.8. The van der Waals surface area contributed by atoms with E-state index in [1.165, 1.54) is 18.6 Å². The van der Waals surface area contributed by atoms with Crippen molar-refractivity contribution in [3.8, 4) is 0 Å². The Morgan fingerprint density at radius 3 is 2.37 bits per heavy atom. The molecule has 0 radical (unpaired) electrons. The zero-order valence-corrected chi connectivity index (χ0v) is 19.9. The third-order valence-electron chi connectivity index (χ3n) is 6.69. The lowest BCUT2D eigenvalue weighted by molar-refractivity contribution is -0.138. The first-order chi connectivity index (χ1) is 16.8. The first kappa shape index (κ1) is 25.0. The summed E-state index contributed by atoms with van der Waals surface area (Å²) in [6.07, 6.45) is 1.81. The maximum atomic E-state index is 13.2. The van der Waals surface area contributed by atoms with Crippen molar-refractivity contribution in [2.24, 2.45) is 5.92 Å². The molecule has 8 nitrogen and oxygen atoms in total. The number of hydrogen-bond acceptors (Lipinski definition) is 7. The third-order valence-corrected chi connectivity index (χ3v) is 6.69. The molecule has 0 bridgehead atoms. The lowest BCUT2D eigenvalue weighted by Crippen LogP contribution is -2.36. The van der Waals surface area contributed by atoms with E-state index in [-0.39, 0.29) is 30.0 Å². The molecular weight excluding hydrogens is 459 g/mol. The Morgan fingerprint density at radius 2 is 1.69 bits per heavy atom. The number of nitrogens with zero attached hydrogens (tertiary/aromatic N) is 4. The first-order valence-corrected chi connectivity index (χ1v) is 12.2. The number of halogens is 3. The second-order valence-corrected chi connectivity index (χ2v) is 9.15. The van der Waals surface area contributed by atoms with Gasteiger partial charge in [0, 0.05) is 38.6 Å². The minimum atomic E-state index is -4.44. The fraction of sp³-hybridized carbons (Fsp3) is 0.583. The Morgan fingerprint density at radius 1 is 1.00 bits per heavy atom. The molecule has 0 spiro atoms. The van der Waals surface area contributed by atoms with Crippen LogP contribution in [0.1, 0.15) is 56.1 Å². The number of piperidine rings is 1. The summed E-state index contributed by atoms with van der Waals surface area (Å²) < 4.78 is 39.6. The van der Waals surface area contributed by atoms with E-state index in [1.807, 2.05) is 0 Å². The van der Waals surface area contributed by atoms with E-state index in [4.69, 9.17) is 0 Å². The Labute approximate surface area is 203 Å². The van der Waals surface area contributed by atoms with Gasteiger partial charge in [0.15, 0.2) is 0 Å². The zero-order valence-electron chi connectivity index (χ0n) is 19.9. The van der Waals surface area contributed by atoms with Crippen LogP contribution in [0.25, 0.3) is 0 Å². The fourth-order valence-corrected chi connectivity index (χ4v) is 4.74.